The van der Waals surface area contributed by atoms with Crippen LogP contribution in [0.15, 0.2) is 35.7 Å². The van der Waals surface area contributed by atoms with Gasteiger partial charge in [-0.25, -0.2) is 0 Å². The molecule has 0 bridgehead atoms. The van der Waals surface area contributed by atoms with Crippen molar-refractivity contribution in [1.29, 1.82) is 0 Å². The zero-order chi connectivity index (χ0) is 18.1. The molecule has 2 aromatic rings. The maximum Gasteiger partial charge on any atom is 0.253 e. The molecular weight excluding hydrogens is 397 g/mol. The van der Waals surface area contributed by atoms with Crippen LogP contribution in [0.2, 0.25) is 5.02 Å². The molecule has 2 amide bonds. The second kappa shape index (κ2) is 11.9. The fourth-order valence-corrected chi connectivity index (χ4v) is 2.88. The zero-order valence-electron chi connectivity index (χ0n) is 14.2. The van der Waals surface area contributed by atoms with Gasteiger partial charge in [0.25, 0.3) is 5.91 Å². The van der Waals surface area contributed by atoms with Crippen LogP contribution in [0.4, 0.5) is 5.69 Å². The van der Waals surface area contributed by atoms with Crippen LogP contribution in [-0.4, -0.2) is 38.6 Å². The van der Waals surface area contributed by atoms with E-state index in [1.54, 1.807) is 36.6 Å². The minimum Gasteiger partial charge on any atom is -0.383 e. The number of hydrogen-bond donors (Lipinski definition) is 3. The molecule has 1 aromatic carbocycles. The van der Waals surface area contributed by atoms with Gasteiger partial charge in [-0.1, -0.05) is 17.7 Å². The molecule has 0 spiro atoms. The van der Waals surface area contributed by atoms with E-state index >= 15 is 0 Å². The number of hydrogen-bond acceptors (Lipinski definition) is 5. The Balaban J connectivity index is 0.00000338. The largest absolute Gasteiger partial charge is 0.383 e. The third kappa shape index (κ3) is 7.31. The van der Waals surface area contributed by atoms with Gasteiger partial charge in [-0.3, -0.25) is 9.59 Å². The predicted octanol–water partition coefficient (Wildman–Crippen LogP) is 2.93. The van der Waals surface area contributed by atoms with Crippen molar-refractivity contribution in [2.24, 2.45) is 0 Å². The Hall–Kier alpha value is -1.64. The fourth-order valence-electron chi connectivity index (χ4n) is 2.03. The average Bonchev–Trinajstić information content (AvgIpc) is 3.12. The number of amides is 2. The molecule has 0 aliphatic carbocycles. The van der Waals surface area contributed by atoms with Gasteiger partial charge in [-0.05, 0) is 29.6 Å². The normalized spacial score (nSPS) is 10.1. The highest BCUT2D eigenvalue weighted by atomic mass is 35.5. The molecule has 26 heavy (non-hydrogen) atoms. The third-order valence-corrected chi connectivity index (χ3v) is 4.47. The lowest BCUT2D eigenvalue weighted by atomic mass is 10.2. The summed E-state index contributed by atoms with van der Waals surface area (Å²) in [6.45, 7) is 1.71. The summed E-state index contributed by atoms with van der Waals surface area (Å²) < 4.78 is 4.89. The molecule has 0 saturated carbocycles. The van der Waals surface area contributed by atoms with Gasteiger partial charge in [0.1, 0.15) is 0 Å². The maximum atomic E-state index is 12.3. The first kappa shape index (κ1) is 22.4. The number of rotatable bonds is 9. The molecule has 9 heteroatoms. The Labute approximate surface area is 167 Å². The molecule has 142 valence electrons. The van der Waals surface area contributed by atoms with Crippen molar-refractivity contribution in [3.63, 3.8) is 0 Å². The van der Waals surface area contributed by atoms with Gasteiger partial charge in [-0.2, -0.15) is 0 Å². The molecule has 3 N–H and O–H groups in total. The predicted molar refractivity (Wildman–Crippen MR) is 108 cm³/mol. The van der Waals surface area contributed by atoms with Crippen LogP contribution in [0.1, 0.15) is 15.2 Å². The standard InChI is InChI=1S/C17H20ClN3O3S.ClH/c1-24-7-6-19-11-16(22)21-12-4-5-15(18)14(9-12)17(23)20-10-13-3-2-8-25-13;/h2-5,8-9,19H,6-7,10-11H2,1H3,(H,20,23)(H,21,22);1H. The summed E-state index contributed by atoms with van der Waals surface area (Å²) in [6, 6.07) is 8.69. The fraction of sp³-hybridized carbons (Fsp3) is 0.294. The third-order valence-electron chi connectivity index (χ3n) is 3.27. The van der Waals surface area contributed by atoms with Gasteiger partial charge in [-0.15, -0.1) is 23.7 Å². The lowest BCUT2D eigenvalue weighted by molar-refractivity contribution is -0.115. The Bertz CT molecular complexity index is 711. The van der Waals surface area contributed by atoms with Crippen LogP contribution in [0.25, 0.3) is 0 Å². The Morgan fingerprint density at radius 2 is 2.08 bits per heavy atom. The SMILES string of the molecule is COCCNCC(=O)Nc1ccc(Cl)c(C(=O)NCc2cccs2)c1.Cl. The Morgan fingerprint density at radius 3 is 2.77 bits per heavy atom. The van der Waals surface area contributed by atoms with Crippen molar-refractivity contribution in [2.75, 3.05) is 32.1 Å². The van der Waals surface area contributed by atoms with E-state index in [9.17, 15) is 9.59 Å². The summed E-state index contributed by atoms with van der Waals surface area (Å²) in [5.41, 5.74) is 0.840. The van der Waals surface area contributed by atoms with Crippen LogP contribution in [0.5, 0.6) is 0 Å². The van der Waals surface area contributed by atoms with E-state index in [1.807, 2.05) is 17.5 Å². The molecular formula is C17H21Cl2N3O3S. The molecule has 0 radical (unpaired) electrons. The van der Waals surface area contributed by atoms with Gasteiger partial charge in [0.2, 0.25) is 5.91 Å². The number of anilines is 1. The van der Waals surface area contributed by atoms with E-state index in [2.05, 4.69) is 16.0 Å². The highest BCUT2D eigenvalue weighted by Gasteiger charge is 2.12. The quantitative estimate of drug-likeness (QED) is 0.548. The van der Waals surface area contributed by atoms with Crippen LogP contribution in [-0.2, 0) is 16.1 Å². The van der Waals surface area contributed by atoms with Crippen LogP contribution in [0, 0.1) is 0 Å². The number of benzene rings is 1. The monoisotopic (exact) mass is 417 g/mol. The summed E-state index contributed by atoms with van der Waals surface area (Å²) in [5, 5.41) is 10.8. The zero-order valence-corrected chi connectivity index (χ0v) is 16.6. The number of carbonyl (C=O) groups is 2. The topological polar surface area (TPSA) is 79.5 Å². The lowest BCUT2D eigenvalue weighted by Crippen LogP contribution is -2.30. The first-order valence-corrected chi connectivity index (χ1v) is 8.95. The van der Waals surface area contributed by atoms with Gasteiger partial charge in [0.15, 0.2) is 0 Å². The van der Waals surface area contributed by atoms with Crippen molar-refractivity contribution in [3.05, 3.63) is 51.2 Å². The molecule has 0 fully saturated rings. The number of halogens is 2. The molecule has 6 nitrogen and oxygen atoms in total. The van der Waals surface area contributed by atoms with E-state index in [1.165, 1.54) is 0 Å². The maximum absolute atomic E-state index is 12.3. The van der Waals surface area contributed by atoms with E-state index < -0.39 is 0 Å². The smallest absolute Gasteiger partial charge is 0.253 e. The number of ether oxygens (including phenoxy) is 1. The Morgan fingerprint density at radius 1 is 1.27 bits per heavy atom. The summed E-state index contributed by atoms with van der Waals surface area (Å²) in [4.78, 5) is 25.2. The van der Waals surface area contributed by atoms with Gasteiger partial charge >= 0.3 is 0 Å². The first-order valence-electron chi connectivity index (χ1n) is 7.70. The van der Waals surface area contributed by atoms with Gasteiger partial charge in [0.05, 0.1) is 30.3 Å². The van der Waals surface area contributed by atoms with Gasteiger partial charge in [0, 0.05) is 24.2 Å². The van der Waals surface area contributed by atoms with Crippen LogP contribution in [0.3, 0.4) is 0 Å². The highest BCUT2D eigenvalue weighted by Crippen LogP contribution is 2.21. The number of nitrogens with one attached hydrogen (secondary N) is 3. The summed E-state index contributed by atoms with van der Waals surface area (Å²) in [6.07, 6.45) is 0. The summed E-state index contributed by atoms with van der Waals surface area (Å²) in [5.74, 6) is -0.490. The van der Waals surface area contributed by atoms with E-state index in [4.69, 9.17) is 16.3 Å². The van der Waals surface area contributed by atoms with Crippen molar-refractivity contribution in [2.45, 2.75) is 6.54 Å². The first-order chi connectivity index (χ1) is 12.1. The van der Waals surface area contributed by atoms with E-state index in [0.717, 1.165) is 4.88 Å². The van der Waals surface area contributed by atoms with Crippen molar-refractivity contribution < 1.29 is 14.3 Å². The minimum absolute atomic E-state index is 0. The minimum atomic E-state index is -0.285. The van der Waals surface area contributed by atoms with E-state index in [-0.39, 0.29) is 30.8 Å². The van der Waals surface area contributed by atoms with Crippen molar-refractivity contribution in [1.82, 2.24) is 10.6 Å². The molecule has 0 unspecified atom stereocenters. The van der Waals surface area contributed by atoms with Gasteiger partial charge < -0.3 is 20.7 Å². The summed E-state index contributed by atoms with van der Waals surface area (Å²) in [7, 11) is 1.60. The molecule has 1 aromatic heterocycles. The molecule has 1 heterocycles. The molecule has 0 atom stereocenters. The average molecular weight is 418 g/mol. The second-order valence-corrected chi connectivity index (χ2v) is 6.61. The van der Waals surface area contributed by atoms with Crippen LogP contribution >= 0.6 is 35.3 Å². The number of methoxy groups -OCH3 is 1. The molecule has 0 aliphatic heterocycles. The Kier molecular flexibility index (Phi) is 10.2. The summed E-state index contributed by atoms with van der Waals surface area (Å²) >= 11 is 7.68. The highest BCUT2D eigenvalue weighted by molar-refractivity contribution is 7.09. The van der Waals surface area contributed by atoms with Crippen LogP contribution < -0.4 is 16.0 Å². The lowest BCUT2D eigenvalue weighted by Gasteiger charge is -2.10. The van der Waals surface area contributed by atoms with Crippen molar-refractivity contribution in [3.8, 4) is 0 Å². The number of thiophene rings is 1. The number of carbonyl (C=O) groups excluding carboxylic acids is 2. The van der Waals surface area contributed by atoms with E-state index in [0.29, 0.717) is 36.0 Å². The molecule has 0 aliphatic rings. The second-order valence-electron chi connectivity index (χ2n) is 5.17. The van der Waals surface area contributed by atoms with Crippen molar-refractivity contribution >= 4 is 52.8 Å². The molecule has 0 saturated heterocycles. The molecule has 2 rings (SSSR count).